The number of amides is 1. The molecule has 124 valence electrons. The highest BCUT2D eigenvalue weighted by atomic mass is 35.5. The third-order valence-corrected chi connectivity index (χ3v) is 4.74. The SMILES string of the molecule is O=C(Nc1csc(-c2ccc(Cl)cc2F)c1)c1nc2ccccc2o1. The molecule has 0 aliphatic heterocycles. The van der Waals surface area contributed by atoms with Crippen LogP contribution in [0, 0.1) is 5.82 Å². The summed E-state index contributed by atoms with van der Waals surface area (Å²) in [4.78, 5) is 17.1. The van der Waals surface area contributed by atoms with Crippen LogP contribution in [-0.2, 0) is 0 Å². The molecule has 0 aliphatic carbocycles. The van der Waals surface area contributed by atoms with Crippen LogP contribution in [0.5, 0.6) is 0 Å². The van der Waals surface area contributed by atoms with Gasteiger partial charge in [0.25, 0.3) is 5.89 Å². The number of carbonyl (C=O) groups is 1. The third kappa shape index (κ3) is 3.14. The molecule has 0 radical (unpaired) electrons. The molecule has 7 heteroatoms. The van der Waals surface area contributed by atoms with Gasteiger partial charge in [-0.1, -0.05) is 23.7 Å². The summed E-state index contributed by atoms with van der Waals surface area (Å²) in [6.45, 7) is 0. The van der Waals surface area contributed by atoms with Crippen LogP contribution in [0.4, 0.5) is 10.1 Å². The fraction of sp³-hybridized carbons (Fsp3) is 0. The number of anilines is 1. The molecule has 2 aromatic heterocycles. The number of rotatable bonds is 3. The number of oxazole rings is 1. The first kappa shape index (κ1) is 15.8. The van der Waals surface area contributed by atoms with Gasteiger partial charge in [-0.25, -0.2) is 9.37 Å². The maximum atomic E-state index is 14.0. The lowest BCUT2D eigenvalue weighted by atomic mass is 10.2. The molecule has 2 heterocycles. The van der Waals surface area contributed by atoms with E-state index in [1.165, 1.54) is 17.4 Å². The summed E-state index contributed by atoms with van der Waals surface area (Å²) in [5.74, 6) is -0.894. The van der Waals surface area contributed by atoms with E-state index >= 15 is 0 Å². The predicted octanol–water partition coefficient (Wildman–Crippen LogP) is 5.60. The Morgan fingerprint density at radius 1 is 1.20 bits per heavy atom. The molecule has 25 heavy (non-hydrogen) atoms. The largest absolute Gasteiger partial charge is 0.432 e. The maximum absolute atomic E-state index is 14.0. The van der Waals surface area contributed by atoms with Crippen LogP contribution in [0.15, 0.2) is 58.3 Å². The van der Waals surface area contributed by atoms with E-state index in [4.69, 9.17) is 16.0 Å². The van der Waals surface area contributed by atoms with Gasteiger partial charge in [0, 0.05) is 20.8 Å². The number of hydrogen-bond donors (Lipinski definition) is 1. The smallest absolute Gasteiger partial charge is 0.311 e. The van der Waals surface area contributed by atoms with Crippen molar-refractivity contribution >= 4 is 45.6 Å². The van der Waals surface area contributed by atoms with Crippen molar-refractivity contribution in [1.29, 1.82) is 0 Å². The molecule has 0 bridgehead atoms. The summed E-state index contributed by atoms with van der Waals surface area (Å²) in [5, 5.41) is 4.77. The first-order valence-electron chi connectivity index (χ1n) is 7.31. The summed E-state index contributed by atoms with van der Waals surface area (Å²) in [7, 11) is 0. The van der Waals surface area contributed by atoms with Crippen molar-refractivity contribution in [1.82, 2.24) is 4.98 Å². The number of thiophene rings is 1. The molecule has 0 saturated carbocycles. The maximum Gasteiger partial charge on any atom is 0.311 e. The summed E-state index contributed by atoms with van der Waals surface area (Å²) >= 11 is 7.08. The molecule has 4 nitrogen and oxygen atoms in total. The van der Waals surface area contributed by atoms with Crippen LogP contribution in [-0.4, -0.2) is 10.9 Å². The Labute approximate surface area is 150 Å². The van der Waals surface area contributed by atoms with Crippen molar-refractivity contribution in [2.45, 2.75) is 0 Å². The van der Waals surface area contributed by atoms with Gasteiger partial charge < -0.3 is 9.73 Å². The average Bonchev–Trinajstić information content (AvgIpc) is 3.21. The van der Waals surface area contributed by atoms with Gasteiger partial charge >= 0.3 is 5.91 Å². The van der Waals surface area contributed by atoms with E-state index in [2.05, 4.69) is 10.3 Å². The van der Waals surface area contributed by atoms with Crippen molar-refractivity contribution in [3.8, 4) is 10.4 Å². The lowest BCUT2D eigenvalue weighted by Crippen LogP contribution is -2.11. The summed E-state index contributed by atoms with van der Waals surface area (Å²) < 4.78 is 19.4. The van der Waals surface area contributed by atoms with E-state index in [1.54, 1.807) is 41.8 Å². The highest BCUT2D eigenvalue weighted by Crippen LogP contribution is 2.33. The quantitative estimate of drug-likeness (QED) is 0.509. The van der Waals surface area contributed by atoms with Crippen molar-refractivity contribution < 1.29 is 13.6 Å². The number of nitrogens with one attached hydrogen (secondary N) is 1. The Balaban J connectivity index is 1.57. The monoisotopic (exact) mass is 372 g/mol. The van der Waals surface area contributed by atoms with Gasteiger partial charge in [-0.15, -0.1) is 11.3 Å². The standard InChI is InChI=1S/C18H10ClFN2O2S/c19-10-5-6-12(13(20)7-10)16-8-11(9-25-16)21-17(23)18-22-14-3-1-2-4-15(14)24-18/h1-9H,(H,21,23). The third-order valence-electron chi connectivity index (χ3n) is 3.54. The number of aromatic nitrogens is 1. The second-order valence-corrected chi connectivity index (χ2v) is 6.61. The number of benzene rings is 2. The number of hydrogen-bond acceptors (Lipinski definition) is 4. The molecular formula is C18H10ClFN2O2S. The van der Waals surface area contributed by atoms with Gasteiger partial charge in [0.15, 0.2) is 5.58 Å². The predicted molar refractivity (Wildman–Crippen MR) is 96.7 cm³/mol. The second-order valence-electron chi connectivity index (χ2n) is 5.26. The van der Waals surface area contributed by atoms with Crippen LogP contribution < -0.4 is 5.32 Å². The zero-order valence-corrected chi connectivity index (χ0v) is 14.2. The molecule has 4 rings (SSSR count). The van der Waals surface area contributed by atoms with Crippen molar-refractivity contribution in [2.24, 2.45) is 0 Å². The molecule has 0 spiro atoms. The summed E-state index contributed by atoms with van der Waals surface area (Å²) in [6.07, 6.45) is 0. The number of carbonyl (C=O) groups excluding carboxylic acids is 1. The molecule has 1 N–H and O–H groups in total. The minimum Gasteiger partial charge on any atom is -0.432 e. The van der Waals surface area contributed by atoms with Gasteiger partial charge in [-0.2, -0.15) is 0 Å². The zero-order valence-electron chi connectivity index (χ0n) is 12.6. The summed E-state index contributed by atoms with van der Waals surface area (Å²) in [6, 6.07) is 13.3. The van der Waals surface area contributed by atoms with Gasteiger partial charge in [0.2, 0.25) is 0 Å². The van der Waals surface area contributed by atoms with E-state index in [-0.39, 0.29) is 5.89 Å². The van der Waals surface area contributed by atoms with Gasteiger partial charge in [0.1, 0.15) is 11.3 Å². The molecule has 0 atom stereocenters. The Hall–Kier alpha value is -2.70. The Bertz CT molecular complexity index is 1060. The molecule has 4 aromatic rings. The van der Waals surface area contributed by atoms with Crippen LogP contribution >= 0.6 is 22.9 Å². The van der Waals surface area contributed by atoms with E-state index in [1.807, 2.05) is 6.07 Å². The molecule has 0 unspecified atom stereocenters. The van der Waals surface area contributed by atoms with E-state index in [0.29, 0.717) is 32.3 Å². The fourth-order valence-corrected chi connectivity index (χ4v) is 3.41. The number of para-hydroxylation sites is 2. The normalized spacial score (nSPS) is 11.0. The lowest BCUT2D eigenvalue weighted by Gasteiger charge is -2.00. The lowest BCUT2D eigenvalue weighted by molar-refractivity contribution is 0.0992. The molecule has 1 amide bonds. The zero-order chi connectivity index (χ0) is 17.4. The molecule has 0 aliphatic rings. The van der Waals surface area contributed by atoms with Gasteiger partial charge in [-0.05, 0) is 36.4 Å². The van der Waals surface area contributed by atoms with Crippen LogP contribution in [0.1, 0.15) is 10.7 Å². The number of fused-ring (bicyclic) bond motifs is 1. The topological polar surface area (TPSA) is 55.1 Å². The minimum absolute atomic E-state index is 0.0216. The number of halogens is 2. The van der Waals surface area contributed by atoms with Gasteiger partial charge in [0.05, 0.1) is 5.69 Å². The fourth-order valence-electron chi connectivity index (χ4n) is 2.39. The van der Waals surface area contributed by atoms with Crippen LogP contribution in [0.3, 0.4) is 0 Å². The van der Waals surface area contributed by atoms with Gasteiger partial charge in [-0.3, -0.25) is 4.79 Å². The first-order valence-corrected chi connectivity index (χ1v) is 8.57. The first-order chi connectivity index (χ1) is 12.1. The van der Waals surface area contributed by atoms with Crippen LogP contribution in [0.2, 0.25) is 5.02 Å². The molecular weight excluding hydrogens is 363 g/mol. The van der Waals surface area contributed by atoms with Crippen molar-refractivity contribution in [3.05, 3.63) is 70.6 Å². The van der Waals surface area contributed by atoms with E-state index in [9.17, 15) is 9.18 Å². The summed E-state index contributed by atoms with van der Waals surface area (Å²) in [5.41, 5.74) is 2.13. The Morgan fingerprint density at radius 2 is 2.04 bits per heavy atom. The molecule has 0 saturated heterocycles. The second kappa shape index (κ2) is 6.31. The highest BCUT2D eigenvalue weighted by Gasteiger charge is 2.16. The molecule has 0 fully saturated rings. The molecule has 2 aromatic carbocycles. The minimum atomic E-state index is -0.461. The van der Waals surface area contributed by atoms with Crippen molar-refractivity contribution in [2.75, 3.05) is 5.32 Å². The Morgan fingerprint density at radius 3 is 2.84 bits per heavy atom. The van der Waals surface area contributed by atoms with Crippen molar-refractivity contribution in [3.63, 3.8) is 0 Å². The van der Waals surface area contributed by atoms with Crippen LogP contribution in [0.25, 0.3) is 21.5 Å². The average molecular weight is 373 g/mol. The number of nitrogens with zero attached hydrogens (tertiary/aromatic N) is 1. The Kier molecular flexibility index (Phi) is 3.99. The van der Waals surface area contributed by atoms with E-state index < -0.39 is 11.7 Å². The van der Waals surface area contributed by atoms with E-state index in [0.717, 1.165) is 0 Å². The highest BCUT2D eigenvalue weighted by molar-refractivity contribution is 7.14.